The Bertz CT molecular complexity index is 1660. The number of carbonyl (C=O) groups excluding carboxylic acids is 2. The number of hydrogen-bond donors (Lipinski definition) is 0. The van der Waals surface area contributed by atoms with Crippen LogP contribution in [0.3, 0.4) is 0 Å². The number of rotatable bonds is 5. The Morgan fingerprint density at radius 1 is 0.705 bits per heavy atom. The average molecular weight is 616 g/mol. The molecule has 2 amide bonds. The third kappa shape index (κ3) is 6.15. The van der Waals surface area contributed by atoms with Gasteiger partial charge in [0.25, 0.3) is 11.8 Å². The molecule has 5 rings (SSSR count). The van der Waals surface area contributed by atoms with Crippen LogP contribution in [0.1, 0.15) is 37.5 Å². The van der Waals surface area contributed by atoms with Crippen molar-refractivity contribution in [3.63, 3.8) is 0 Å². The van der Waals surface area contributed by atoms with Crippen LogP contribution in [0.25, 0.3) is 16.9 Å². The van der Waals surface area contributed by atoms with E-state index in [1.807, 2.05) is 60.0 Å². The predicted octanol–water partition coefficient (Wildman–Crippen LogP) is 7.10. The second-order valence-electron chi connectivity index (χ2n) is 10.3. The molecule has 230 valence electrons. The normalized spacial score (nSPS) is 14.1. The molecule has 0 atom stereocenters. The zero-order valence-electron chi connectivity index (χ0n) is 23.7. The van der Waals surface area contributed by atoms with Crippen LogP contribution in [-0.2, 0) is 12.4 Å². The van der Waals surface area contributed by atoms with E-state index in [1.54, 1.807) is 19.2 Å². The van der Waals surface area contributed by atoms with Crippen molar-refractivity contribution in [3.8, 4) is 22.7 Å². The topological polar surface area (TPSA) is 54.8 Å². The van der Waals surface area contributed by atoms with E-state index < -0.39 is 35.0 Å². The second kappa shape index (κ2) is 11.7. The molecule has 0 N–H and O–H groups in total. The lowest BCUT2D eigenvalue weighted by Gasteiger charge is -2.35. The van der Waals surface area contributed by atoms with E-state index in [0.29, 0.717) is 29.1 Å². The second-order valence-corrected chi connectivity index (χ2v) is 10.3. The highest BCUT2D eigenvalue weighted by Crippen LogP contribution is 2.37. The summed E-state index contributed by atoms with van der Waals surface area (Å²) >= 11 is 0. The number of hydrogen-bond acceptors (Lipinski definition) is 3. The van der Waals surface area contributed by atoms with Crippen LogP contribution in [-0.4, -0.2) is 59.5 Å². The van der Waals surface area contributed by atoms with Crippen molar-refractivity contribution in [2.24, 2.45) is 0 Å². The van der Waals surface area contributed by atoms with Crippen molar-refractivity contribution in [1.29, 1.82) is 0 Å². The molecule has 0 bridgehead atoms. The summed E-state index contributed by atoms with van der Waals surface area (Å²) in [5.41, 5.74) is -0.362. The molecule has 1 fully saturated rings. The molecule has 12 heteroatoms. The van der Waals surface area contributed by atoms with Crippen LogP contribution in [0.2, 0.25) is 0 Å². The first-order valence-corrected chi connectivity index (χ1v) is 13.6. The minimum absolute atomic E-state index is 0.0168. The fraction of sp³-hybridized carbons (Fsp3) is 0.250. The van der Waals surface area contributed by atoms with Crippen LogP contribution >= 0.6 is 0 Å². The van der Waals surface area contributed by atoms with Gasteiger partial charge in [0.15, 0.2) is 0 Å². The lowest BCUT2D eigenvalue weighted by molar-refractivity contribution is -0.143. The Kier molecular flexibility index (Phi) is 8.19. The zero-order chi connectivity index (χ0) is 31.8. The van der Waals surface area contributed by atoms with Gasteiger partial charge in [0.05, 0.1) is 29.5 Å². The summed E-state index contributed by atoms with van der Waals surface area (Å²) in [5, 5.41) is 0. The molecule has 0 spiro atoms. The predicted molar refractivity (Wildman–Crippen MR) is 151 cm³/mol. The van der Waals surface area contributed by atoms with Crippen molar-refractivity contribution >= 4 is 11.8 Å². The minimum atomic E-state index is -5.07. The van der Waals surface area contributed by atoms with E-state index in [0.717, 1.165) is 21.8 Å². The summed E-state index contributed by atoms with van der Waals surface area (Å²) in [7, 11) is 1.56. The van der Waals surface area contributed by atoms with Crippen molar-refractivity contribution in [2.75, 3.05) is 33.3 Å². The maximum absolute atomic E-state index is 13.8. The first-order chi connectivity index (χ1) is 20.8. The van der Waals surface area contributed by atoms with E-state index in [4.69, 9.17) is 4.74 Å². The van der Waals surface area contributed by atoms with Gasteiger partial charge in [-0.05, 0) is 48.9 Å². The van der Waals surface area contributed by atoms with Gasteiger partial charge in [-0.25, -0.2) is 0 Å². The van der Waals surface area contributed by atoms with Crippen molar-refractivity contribution in [1.82, 2.24) is 14.4 Å². The number of amides is 2. The van der Waals surface area contributed by atoms with Gasteiger partial charge >= 0.3 is 12.4 Å². The summed E-state index contributed by atoms with van der Waals surface area (Å²) in [6.07, 6.45) is -10.1. The van der Waals surface area contributed by atoms with Crippen molar-refractivity contribution in [2.45, 2.75) is 19.3 Å². The Morgan fingerprint density at radius 3 is 1.82 bits per heavy atom. The highest BCUT2D eigenvalue weighted by Gasteiger charge is 2.38. The van der Waals surface area contributed by atoms with Crippen molar-refractivity contribution < 1.29 is 40.7 Å². The third-order valence-electron chi connectivity index (χ3n) is 7.55. The van der Waals surface area contributed by atoms with Crippen LogP contribution in [0.5, 0.6) is 5.75 Å². The third-order valence-corrected chi connectivity index (χ3v) is 7.55. The Labute approximate surface area is 249 Å². The largest absolute Gasteiger partial charge is 0.497 e. The molecular weight excluding hydrogens is 588 g/mol. The van der Waals surface area contributed by atoms with E-state index in [-0.39, 0.29) is 38.2 Å². The van der Waals surface area contributed by atoms with E-state index in [1.165, 1.54) is 4.90 Å². The standard InChI is InChI=1S/C32H27F6N3O3/c1-20-27(19-28(21-7-4-3-5-8-21)41(20)25-9-6-10-26(18-25)44-2)30(43)40-13-11-39(12-14-40)29(42)22-15-23(31(33,34)35)17-24(16-22)32(36,37)38/h3-10,15-19H,11-14H2,1-2H3. The maximum atomic E-state index is 13.8. The zero-order valence-corrected chi connectivity index (χ0v) is 23.7. The summed E-state index contributed by atoms with van der Waals surface area (Å²) in [4.78, 5) is 29.5. The number of benzene rings is 3. The molecular formula is C32H27F6N3O3. The first kappa shape index (κ1) is 30.7. The average Bonchev–Trinajstić information content (AvgIpc) is 3.36. The number of piperazine rings is 1. The van der Waals surface area contributed by atoms with Gasteiger partial charge in [-0.2, -0.15) is 26.3 Å². The van der Waals surface area contributed by atoms with Gasteiger partial charge in [0.1, 0.15) is 5.75 Å². The Balaban J connectivity index is 1.40. The Morgan fingerprint density at radius 2 is 1.27 bits per heavy atom. The minimum Gasteiger partial charge on any atom is -0.497 e. The molecule has 2 heterocycles. The number of methoxy groups -OCH3 is 1. The molecule has 3 aromatic carbocycles. The highest BCUT2D eigenvalue weighted by atomic mass is 19.4. The molecule has 0 saturated carbocycles. The SMILES string of the molecule is COc1cccc(-n2c(-c3ccccc3)cc(C(=O)N3CCN(C(=O)c4cc(C(F)(F)F)cc(C(F)(F)F)c4)CC3)c2C)c1. The number of ether oxygens (including phenoxy) is 1. The first-order valence-electron chi connectivity index (χ1n) is 13.6. The molecule has 0 unspecified atom stereocenters. The fourth-order valence-electron chi connectivity index (χ4n) is 5.27. The van der Waals surface area contributed by atoms with Gasteiger partial charge in [-0.1, -0.05) is 36.4 Å². The lowest BCUT2D eigenvalue weighted by atomic mass is 10.0. The van der Waals surface area contributed by atoms with E-state index in [2.05, 4.69) is 0 Å². The molecule has 1 saturated heterocycles. The maximum Gasteiger partial charge on any atom is 0.416 e. The Hall–Kier alpha value is -4.74. The monoisotopic (exact) mass is 615 g/mol. The lowest BCUT2D eigenvalue weighted by Crippen LogP contribution is -2.50. The number of carbonyl (C=O) groups is 2. The van der Waals surface area contributed by atoms with Gasteiger partial charge in [-0.15, -0.1) is 0 Å². The van der Waals surface area contributed by atoms with E-state index in [9.17, 15) is 35.9 Å². The molecule has 0 radical (unpaired) electrons. The molecule has 6 nitrogen and oxygen atoms in total. The van der Waals surface area contributed by atoms with Crippen LogP contribution in [0, 0.1) is 6.92 Å². The quantitative estimate of drug-likeness (QED) is 0.225. The number of halogens is 6. The van der Waals surface area contributed by atoms with Crippen LogP contribution in [0.15, 0.2) is 78.9 Å². The van der Waals surface area contributed by atoms with Gasteiger partial charge < -0.3 is 19.1 Å². The molecule has 1 aromatic heterocycles. The van der Waals surface area contributed by atoms with Gasteiger partial charge in [0.2, 0.25) is 0 Å². The molecule has 4 aromatic rings. The fourth-order valence-corrected chi connectivity index (χ4v) is 5.27. The molecule has 0 aliphatic carbocycles. The summed E-state index contributed by atoms with van der Waals surface area (Å²) in [5.74, 6) is -0.654. The molecule has 44 heavy (non-hydrogen) atoms. The van der Waals surface area contributed by atoms with E-state index >= 15 is 0 Å². The van der Waals surface area contributed by atoms with Gasteiger partial charge in [0, 0.05) is 49.2 Å². The number of aromatic nitrogens is 1. The van der Waals surface area contributed by atoms with Crippen molar-refractivity contribution in [3.05, 3.63) is 107 Å². The summed E-state index contributed by atoms with van der Waals surface area (Å²) < 4.78 is 87.2. The highest BCUT2D eigenvalue weighted by molar-refractivity contribution is 5.98. The number of nitrogens with zero attached hydrogens (tertiary/aromatic N) is 3. The summed E-state index contributed by atoms with van der Waals surface area (Å²) in [6, 6.07) is 19.5. The van der Waals surface area contributed by atoms with Gasteiger partial charge in [-0.3, -0.25) is 9.59 Å². The number of alkyl halides is 6. The molecule has 1 aliphatic rings. The smallest absolute Gasteiger partial charge is 0.416 e. The summed E-state index contributed by atoms with van der Waals surface area (Å²) in [6.45, 7) is 1.76. The molecule has 1 aliphatic heterocycles. The van der Waals surface area contributed by atoms with Crippen LogP contribution < -0.4 is 4.74 Å². The van der Waals surface area contributed by atoms with Crippen LogP contribution in [0.4, 0.5) is 26.3 Å².